The minimum absolute atomic E-state index is 0.148. The molecule has 0 aliphatic carbocycles. The van der Waals surface area contributed by atoms with Crippen molar-refractivity contribution in [1.82, 2.24) is 9.97 Å². The summed E-state index contributed by atoms with van der Waals surface area (Å²) >= 11 is 2.65. The van der Waals surface area contributed by atoms with E-state index in [1.165, 1.54) is 29.4 Å². The molecule has 2 aromatic heterocycles. The molecule has 0 saturated carbocycles. The van der Waals surface area contributed by atoms with Crippen molar-refractivity contribution in [3.05, 3.63) is 30.7 Å². The summed E-state index contributed by atoms with van der Waals surface area (Å²) in [6, 6.07) is 5.46. The van der Waals surface area contributed by atoms with Crippen LogP contribution in [0.4, 0.5) is 10.8 Å². The van der Waals surface area contributed by atoms with Crippen molar-refractivity contribution in [2.24, 2.45) is 0 Å². The van der Waals surface area contributed by atoms with Gasteiger partial charge in [0.2, 0.25) is 5.91 Å². The fourth-order valence-corrected chi connectivity index (χ4v) is 3.29. The van der Waals surface area contributed by atoms with Gasteiger partial charge in [0.05, 0.1) is 21.7 Å². The summed E-state index contributed by atoms with van der Waals surface area (Å²) in [6.45, 7) is 1.79. The van der Waals surface area contributed by atoms with E-state index in [4.69, 9.17) is 10.2 Å². The average molecular weight is 320 g/mol. The number of hydrogen-bond acceptors (Lipinski definition) is 7. The number of nitrogen functional groups attached to an aromatic ring is 1. The Morgan fingerprint density at radius 1 is 1.52 bits per heavy atom. The highest BCUT2D eigenvalue weighted by atomic mass is 32.2. The van der Waals surface area contributed by atoms with Crippen LogP contribution in [0.2, 0.25) is 0 Å². The second kappa shape index (κ2) is 5.74. The Labute approximate surface area is 128 Å². The SMILES string of the molecule is CC(Sc1ncco1)C(=O)Nc1nc2ccc(N)cc2s1. The molecular formula is C13H12N4O2S2. The number of anilines is 2. The lowest BCUT2D eigenvalue weighted by atomic mass is 10.3. The number of nitrogens with zero attached hydrogens (tertiary/aromatic N) is 2. The molecule has 1 aromatic carbocycles. The van der Waals surface area contributed by atoms with Crippen LogP contribution in [-0.2, 0) is 4.79 Å². The summed E-state index contributed by atoms with van der Waals surface area (Å²) < 4.78 is 6.05. The number of carbonyl (C=O) groups is 1. The Hall–Kier alpha value is -2.06. The highest BCUT2D eigenvalue weighted by Gasteiger charge is 2.18. The molecule has 0 aliphatic rings. The smallest absolute Gasteiger partial charge is 0.256 e. The molecule has 0 fully saturated rings. The first-order valence-corrected chi connectivity index (χ1v) is 7.84. The lowest BCUT2D eigenvalue weighted by Crippen LogP contribution is -2.22. The van der Waals surface area contributed by atoms with E-state index in [9.17, 15) is 4.79 Å². The van der Waals surface area contributed by atoms with Crippen LogP contribution in [0.1, 0.15) is 6.92 Å². The van der Waals surface area contributed by atoms with Crippen molar-refractivity contribution < 1.29 is 9.21 Å². The second-order valence-corrected chi connectivity index (χ2v) is 6.62. The van der Waals surface area contributed by atoms with Crippen LogP contribution in [0.15, 0.2) is 40.3 Å². The lowest BCUT2D eigenvalue weighted by Gasteiger charge is -2.07. The summed E-state index contributed by atoms with van der Waals surface area (Å²) in [5, 5.41) is 3.49. The van der Waals surface area contributed by atoms with Gasteiger partial charge in [-0.2, -0.15) is 0 Å². The predicted molar refractivity (Wildman–Crippen MR) is 84.5 cm³/mol. The van der Waals surface area contributed by atoms with Crippen molar-refractivity contribution in [3.8, 4) is 0 Å². The number of aromatic nitrogens is 2. The van der Waals surface area contributed by atoms with Crippen LogP contribution >= 0.6 is 23.1 Å². The first-order chi connectivity index (χ1) is 10.1. The van der Waals surface area contributed by atoms with Gasteiger partial charge in [-0.3, -0.25) is 4.79 Å². The molecule has 108 valence electrons. The van der Waals surface area contributed by atoms with Gasteiger partial charge in [0.25, 0.3) is 5.22 Å². The Bertz CT molecular complexity index is 770. The summed E-state index contributed by atoms with van der Waals surface area (Å²) in [4.78, 5) is 20.5. The number of fused-ring (bicyclic) bond motifs is 1. The van der Waals surface area contributed by atoms with Crippen LogP contribution in [0, 0.1) is 0 Å². The molecule has 0 spiro atoms. The summed E-state index contributed by atoms with van der Waals surface area (Å²) in [5.74, 6) is -0.148. The molecule has 8 heteroatoms. The van der Waals surface area contributed by atoms with E-state index in [0.29, 0.717) is 16.0 Å². The Kier molecular flexibility index (Phi) is 3.80. The molecule has 1 atom stereocenters. The van der Waals surface area contributed by atoms with Gasteiger partial charge in [-0.1, -0.05) is 23.1 Å². The van der Waals surface area contributed by atoms with Crippen molar-refractivity contribution >= 4 is 50.0 Å². The van der Waals surface area contributed by atoms with Crippen LogP contribution in [0.5, 0.6) is 0 Å². The molecule has 0 aliphatic heterocycles. The minimum Gasteiger partial charge on any atom is -0.440 e. The average Bonchev–Trinajstić information content (AvgIpc) is 3.07. The quantitative estimate of drug-likeness (QED) is 0.567. The van der Waals surface area contributed by atoms with Crippen molar-refractivity contribution in [1.29, 1.82) is 0 Å². The molecule has 2 heterocycles. The van der Waals surface area contributed by atoms with Gasteiger partial charge >= 0.3 is 0 Å². The van der Waals surface area contributed by atoms with Crippen LogP contribution in [0.3, 0.4) is 0 Å². The molecule has 3 rings (SSSR count). The number of nitrogens with two attached hydrogens (primary N) is 1. The number of thiazole rings is 1. The Morgan fingerprint density at radius 3 is 3.14 bits per heavy atom. The molecule has 21 heavy (non-hydrogen) atoms. The molecule has 0 bridgehead atoms. The standard InChI is InChI=1S/C13H12N4O2S2/c1-7(20-13-15-4-5-19-13)11(18)17-12-16-9-3-2-8(14)6-10(9)21-12/h2-7H,14H2,1H3,(H,16,17,18). The number of nitrogens with one attached hydrogen (secondary N) is 1. The second-order valence-electron chi connectivity index (χ2n) is 4.29. The zero-order valence-electron chi connectivity index (χ0n) is 11.1. The van der Waals surface area contributed by atoms with Gasteiger partial charge < -0.3 is 15.5 Å². The van der Waals surface area contributed by atoms with E-state index in [1.54, 1.807) is 19.2 Å². The molecule has 6 nitrogen and oxygen atoms in total. The van der Waals surface area contributed by atoms with Gasteiger partial charge in [-0.25, -0.2) is 9.97 Å². The highest BCUT2D eigenvalue weighted by Crippen LogP contribution is 2.28. The zero-order valence-corrected chi connectivity index (χ0v) is 12.7. The summed E-state index contributed by atoms with van der Waals surface area (Å²) in [6.07, 6.45) is 3.02. The van der Waals surface area contributed by atoms with E-state index in [2.05, 4.69) is 15.3 Å². The fourth-order valence-electron chi connectivity index (χ4n) is 1.68. The maximum atomic E-state index is 12.1. The van der Waals surface area contributed by atoms with Gasteiger partial charge in [0.1, 0.15) is 6.26 Å². The zero-order chi connectivity index (χ0) is 14.8. The number of benzene rings is 1. The number of hydrogen-bond donors (Lipinski definition) is 2. The van der Waals surface area contributed by atoms with E-state index >= 15 is 0 Å². The number of oxazole rings is 1. The van der Waals surface area contributed by atoms with Gasteiger partial charge in [0.15, 0.2) is 5.13 Å². The minimum atomic E-state index is -0.333. The summed E-state index contributed by atoms with van der Waals surface area (Å²) in [5.41, 5.74) is 7.22. The first-order valence-electron chi connectivity index (χ1n) is 6.15. The third kappa shape index (κ3) is 3.17. The molecule has 3 aromatic rings. The van der Waals surface area contributed by atoms with Gasteiger partial charge in [0, 0.05) is 5.69 Å². The topological polar surface area (TPSA) is 94.0 Å². The van der Waals surface area contributed by atoms with Crippen molar-refractivity contribution in [2.75, 3.05) is 11.1 Å². The molecular weight excluding hydrogens is 308 g/mol. The highest BCUT2D eigenvalue weighted by molar-refractivity contribution is 8.00. The maximum absolute atomic E-state index is 12.1. The van der Waals surface area contributed by atoms with Crippen LogP contribution < -0.4 is 11.1 Å². The number of carbonyl (C=O) groups excluding carboxylic acids is 1. The molecule has 3 N–H and O–H groups in total. The normalized spacial score (nSPS) is 12.4. The first kappa shape index (κ1) is 13.9. The molecule has 1 amide bonds. The molecule has 1 unspecified atom stereocenters. The van der Waals surface area contributed by atoms with E-state index in [-0.39, 0.29) is 11.2 Å². The van der Waals surface area contributed by atoms with Gasteiger partial charge in [-0.15, -0.1) is 0 Å². The van der Waals surface area contributed by atoms with E-state index in [0.717, 1.165) is 10.2 Å². The predicted octanol–water partition coefficient (Wildman–Crippen LogP) is 2.99. The monoisotopic (exact) mass is 320 g/mol. The van der Waals surface area contributed by atoms with Crippen LogP contribution in [0.25, 0.3) is 10.2 Å². The molecule has 0 saturated heterocycles. The van der Waals surface area contributed by atoms with E-state index in [1.807, 2.05) is 12.1 Å². The van der Waals surface area contributed by atoms with Crippen LogP contribution in [-0.4, -0.2) is 21.1 Å². The number of thioether (sulfide) groups is 1. The fraction of sp³-hybridized carbons (Fsp3) is 0.154. The number of rotatable bonds is 4. The third-order valence-electron chi connectivity index (χ3n) is 2.70. The maximum Gasteiger partial charge on any atom is 0.256 e. The van der Waals surface area contributed by atoms with Crippen molar-refractivity contribution in [2.45, 2.75) is 17.4 Å². The largest absolute Gasteiger partial charge is 0.440 e. The van der Waals surface area contributed by atoms with Crippen molar-refractivity contribution in [3.63, 3.8) is 0 Å². The number of amides is 1. The lowest BCUT2D eigenvalue weighted by molar-refractivity contribution is -0.115. The molecule has 0 radical (unpaired) electrons. The van der Waals surface area contributed by atoms with Gasteiger partial charge in [-0.05, 0) is 25.1 Å². The Balaban J connectivity index is 1.70. The Morgan fingerprint density at radius 2 is 2.38 bits per heavy atom. The third-order valence-corrected chi connectivity index (χ3v) is 4.60. The van der Waals surface area contributed by atoms with E-state index < -0.39 is 0 Å². The summed E-state index contributed by atoms with van der Waals surface area (Å²) in [7, 11) is 0.